The fourth-order valence-electron chi connectivity index (χ4n) is 3.59. The van der Waals surface area contributed by atoms with Crippen LogP contribution in [0.15, 0.2) is 0 Å². The van der Waals surface area contributed by atoms with E-state index in [0.717, 1.165) is 45.6 Å². The molecule has 2 fully saturated rings. The number of piperidine rings is 1. The van der Waals surface area contributed by atoms with E-state index in [2.05, 4.69) is 37.7 Å². The second kappa shape index (κ2) is 7.20. The smallest absolute Gasteiger partial charge is 0.259 e. The Balaban J connectivity index is 2.10. The van der Waals surface area contributed by atoms with Crippen molar-refractivity contribution in [3.8, 4) is 0 Å². The van der Waals surface area contributed by atoms with Crippen molar-refractivity contribution in [3.63, 3.8) is 0 Å². The number of rotatable bonds is 5. The molecule has 2 rings (SSSR count). The molecule has 0 radical (unpaired) electrons. The van der Waals surface area contributed by atoms with Gasteiger partial charge >= 0.3 is 0 Å². The number of methoxy groups -OCH3 is 1. The molecule has 21 heavy (non-hydrogen) atoms. The van der Waals surface area contributed by atoms with Crippen molar-refractivity contribution in [2.75, 3.05) is 33.5 Å². The molecule has 1 N–H and O–H groups in total. The summed E-state index contributed by atoms with van der Waals surface area (Å²) in [5.74, 6) is 0. The summed E-state index contributed by atoms with van der Waals surface area (Å²) >= 11 is 0. The quantitative estimate of drug-likeness (QED) is 0.790. The summed E-state index contributed by atoms with van der Waals surface area (Å²) in [6.07, 6.45) is 3.21. The van der Waals surface area contributed by atoms with E-state index < -0.39 is 8.53 Å². The van der Waals surface area contributed by atoms with Crippen LogP contribution in [0.5, 0.6) is 0 Å². The predicted octanol–water partition coefficient (Wildman–Crippen LogP) is 2.91. The fourth-order valence-corrected chi connectivity index (χ4v) is 5.21. The highest BCUT2D eigenvalue weighted by Gasteiger charge is 2.42. The van der Waals surface area contributed by atoms with Crippen molar-refractivity contribution in [1.82, 2.24) is 9.99 Å². The summed E-state index contributed by atoms with van der Waals surface area (Å²) in [6.45, 7) is 12.3. The number of hydrogen-bond donors (Lipinski definition) is 1. The maximum absolute atomic E-state index is 5.92. The molecule has 0 aromatic heterocycles. The van der Waals surface area contributed by atoms with Crippen molar-refractivity contribution >= 4 is 8.53 Å². The molecule has 0 unspecified atom stereocenters. The Kier molecular flexibility index (Phi) is 6.03. The lowest BCUT2D eigenvalue weighted by molar-refractivity contribution is 0.0653. The summed E-state index contributed by atoms with van der Waals surface area (Å²) in [7, 11) is 0.827. The number of hydrogen-bond acceptors (Lipinski definition) is 5. The fraction of sp³-hybridized carbons (Fsp3) is 1.00. The summed E-state index contributed by atoms with van der Waals surface area (Å²) in [6, 6.07) is 0.468. The van der Waals surface area contributed by atoms with Gasteiger partial charge < -0.3 is 19.1 Å². The van der Waals surface area contributed by atoms with Crippen molar-refractivity contribution in [3.05, 3.63) is 0 Å². The second-order valence-corrected chi connectivity index (χ2v) is 8.87. The van der Waals surface area contributed by atoms with E-state index >= 15 is 0 Å². The van der Waals surface area contributed by atoms with Crippen LogP contribution in [-0.4, -0.2) is 55.3 Å². The molecule has 124 valence electrons. The van der Waals surface area contributed by atoms with Gasteiger partial charge in [0.1, 0.15) is 0 Å². The van der Waals surface area contributed by atoms with E-state index in [1.807, 2.05) is 0 Å². The lowest BCUT2D eigenvalue weighted by Crippen LogP contribution is -2.61. The molecule has 0 saturated carbocycles. The minimum absolute atomic E-state index is 0.128. The molecule has 5 nitrogen and oxygen atoms in total. The van der Waals surface area contributed by atoms with Gasteiger partial charge in [-0.05, 0) is 47.0 Å². The third kappa shape index (κ3) is 5.12. The molecule has 6 heteroatoms. The largest absolute Gasteiger partial charge is 0.383 e. The van der Waals surface area contributed by atoms with Gasteiger partial charge in [-0.25, -0.2) is 4.67 Å². The van der Waals surface area contributed by atoms with E-state index in [4.69, 9.17) is 13.8 Å². The molecule has 2 heterocycles. The first-order valence-corrected chi connectivity index (χ1v) is 9.07. The normalized spacial score (nSPS) is 27.1. The first-order chi connectivity index (χ1) is 9.83. The third-order valence-electron chi connectivity index (χ3n) is 4.02. The zero-order valence-corrected chi connectivity index (χ0v) is 15.0. The Hall–Kier alpha value is 0.230. The van der Waals surface area contributed by atoms with E-state index in [-0.39, 0.29) is 11.1 Å². The Bertz CT molecular complexity index is 317. The van der Waals surface area contributed by atoms with Gasteiger partial charge in [0, 0.05) is 30.8 Å². The molecule has 2 saturated heterocycles. The topological polar surface area (TPSA) is 43.0 Å². The Morgan fingerprint density at radius 1 is 1.14 bits per heavy atom. The van der Waals surface area contributed by atoms with Gasteiger partial charge in [-0.2, -0.15) is 0 Å². The molecule has 0 spiro atoms. The first kappa shape index (κ1) is 17.6. The molecule has 0 aromatic carbocycles. The molecule has 0 bridgehead atoms. The standard InChI is InChI=1S/C15H31N2O3P/c1-14(2)11-13(12-15(3,4)16-14)17(7-10-18-5)21-19-8-6-9-20-21/h13,16H,6-12H2,1-5H3. The number of ether oxygens (including phenoxy) is 1. The monoisotopic (exact) mass is 318 g/mol. The maximum Gasteiger partial charge on any atom is 0.259 e. The van der Waals surface area contributed by atoms with Crippen LogP contribution in [0.1, 0.15) is 47.0 Å². The van der Waals surface area contributed by atoms with Crippen LogP contribution in [0.3, 0.4) is 0 Å². The van der Waals surface area contributed by atoms with Gasteiger partial charge in [0.15, 0.2) is 0 Å². The molecular formula is C15H31N2O3P. The van der Waals surface area contributed by atoms with Gasteiger partial charge in [0.05, 0.1) is 19.8 Å². The SMILES string of the molecule is COCCN(C1CC(C)(C)NC(C)(C)C1)P1OCCCO1. The molecule has 0 aliphatic carbocycles. The van der Waals surface area contributed by atoms with Crippen LogP contribution in [0.2, 0.25) is 0 Å². The van der Waals surface area contributed by atoms with E-state index in [0.29, 0.717) is 6.04 Å². The molecule has 0 amide bonds. The van der Waals surface area contributed by atoms with Gasteiger partial charge in [0.25, 0.3) is 8.53 Å². The summed E-state index contributed by atoms with van der Waals surface area (Å²) in [5, 5.41) is 3.74. The molecular weight excluding hydrogens is 287 g/mol. The summed E-state index contributed by atoms with van der Waals surface area (Å²) in [4.78, 5) is 0. The first-order valence-electron chi connectivity index (χ1n) is 7.94. The predicted molar refractivity (Wildman–Crippen MR) is 86.3 cm³/mol. The van der Waals surface area contributed by atoms with Crippen molar-refractivity contribution in [2.45, 2.75) is 64.1 Å². The van der Waals surface area contributed by atoms with E-state index in [1.54, 1.807) is 7.11 Å². The maximum atomic E-state index is 5.92. The van der Waals surface area contributed by atoms with Crippen LogP contribution in [0.4, 0.5) is 0 Å². The Labute approximate surface area is 130 Å². The van der Waals surface area contributed by atoms with Gasteiger partial charge in [-0.3, -0.25) is 0 Å². The summed E-state index contributed by atoms with van der Waals surface area (Å²) < 4.78 is 19.6. The highest BCUT2D eigenvalue weighted by molar-refractivity contribution is 7.44. The van der Waals surface area contributed by atoms with Crippen molar-refractivity contribution < 1.29 is 13.8 Å². The second-order valence-electron chi connectivity index (χ2n) is 7.37. The van der Waals surface area contributed by atoms with Crippen LogP contribution in [0, 0.1) is 0 Å². The number of nitrogens with zero attached hydrogens (tertiary/aromatic N) is 1. The molecule has 2 aliphatic heterocycles. The molecule has 2 aliphatic rings. The highest BCUT2D eigenvalue weighted by atomic mass is 31.2. The highest BCUT2D eigenvalue weighted by Crippen LogP contribution is 2.49. The molecule has 0 atom stereocenters. The molecule has 0 aromatic rings. The van der Waals surface area contributed by atoms with E-state index in [1.165, 1.54) is 0 Å². The minimum Gasteiger partial charge on any atom is -0.383 e. The average Bonchev–Trinajstić information content (AvgIpc) is 2.37. The lowest BCUT2D eigenvalue weighted by atomic mass is 9.79. The third-order valence-corrected chi connectivity index (χ3v) is 5.77. The average molecular weight is 318 g/mol. The van der Waals surface area contributed by atoms with Crippen molar-refractivity contribution in [2.24, 2.45) is 0 Å². The van der Waals surface area contributed by atoms with Gasteiger partial charge in [-0.1, -0.05) is 0 Å². The zero-order valence-electron chi connectivity index (χ0n) is 14.1. The zero-order chi connectivity index (χ0) is 15.5. The van der Waals surface area contributed by atoms with Crippen LogP contribution >= 0.6 is 8.53 Å². The summed E-state index contributed by atoms with van der Waals surface area (Å²) in [5.41, 5.74) is 0.256. The van der Waals surface area contributed by atoms with Crippen LogP contribution in [0.25, 0.3) is 0 Å². The van der Waals surface area contributed by atoms with Crippen LogP contribution in [-0.2, 0) is 13.8 Å². The van der Waals surface area contributed by atoms with Gasteiger partial charge in [0.2, 0.25) is 0 Å². The number of nitrogens with one attached hydrogen (secondary N) is 1. The lowest BCUT2D eigenvalue weighted by Gasteiger charge is -2.50. The minimum atomic E-state index is -0.927. The van der Waals surface area contributed by atoms with Gasteiger partial charge in [-0.15, -0.1) is 0 Å². The Morgan fingerprint density at radius 2 is 1.71 bits per heavy atom. The Morgan fingerprint density at radius 3 is 2.24 bits per heavy atom. The van der Waals surface area contributed by atoms with Crippen LogP contribution < -0.4 is 5.32 Å². The van der Waals surface area contributed by atoms with E-state index in [9.17, 15) is 0 Å². The van der Waals surface area contributed by atoms with Crippen molar-refractivity contribution in [1.29, 1.82) is 0 Å².